The number of amides is 1. The van der Waals surface area contributed by atoms with Crippen molar-refractivity contribution >= 4 is 5.91 Å². The Morgan fingerprint density at radius 1 is 1.03 bits per heavy atom. The third-order valence-corrected chi connectivity index (χ3v) is 7.50. The normalized spacial score (nSPS) is 47.9. The van der Waals surface area contributed by atoms with E-state index >= 15 is 0 Å². The molecule has 0 radical (unpaired) electrons. The molecule has 2 saturated heterocycles. The molecule has 15 atom stereocenters. The molecule has 1 aliphatic carbocycles. The molecule has 1 saturated carbocycles. The molecule has 17 heteroatoms. The minimum atomic E-state index is -1.72. The molecule has 17 nitrogen and oxygen atoms in total. The van der Waals surface area contributed by atoms with Crippen molar-refractivity contribution in [1.29, 1.82) is 0 Å². The van der Waals surface area contributed by atoms with Crippen LogP contribution in [0.2, 0.25) is 0 Å². The highest BCUT2D eigenvalue weighted by atomic mass is 16.7. The van der Waals surface area contributed by atoms with Gasteiger partial charge < -0.3 is 82.5 Å². The largest absolute Gasteiger partial charge is 0.388 e. The van der Waals surface area contributed by atoms with E-state index in [0.29, 0.717) is 0 Å². The van der Waals surface area contributed by atoms with Gasteiger partial charge in [-0.05, 0) is 20.4 Å². The van der Waals surface area contributed by atoms with Crippen LogP contribution in [0.3, 0.4) is 0 Å². The highest BCUT2D eigenvalue weighted by molar-refractivity contribution is 5.81. The first-order chi connectivity index (χ1) is 18.3. The maximum Gasteiger partial charge on any atom is 0.250 e. The fourth-order valence-electron chi connectivity index (χ4n) is 5.22. The summed E-state index contributed by atoms with van der Waals surface area (Å²) < 4.78 is 22.7. The Labute approximate surface area is 225 Å². The average molecular weight is 570 g/mol. The van der Waals surface area contributed by atoms with Gasteiger partial charge in [-0.3, -0.25) is 4.79 Å². The molecule has 15 N–H and O–H groups in total. The highest BCUT2D eigenvalue weighted by Gasteiger charge is 2.53. The summed E-state index contributed by atoms with van der Waals surface area (Å²) >= 11 is 0. The molecular formula is C22H43N5O12. The second-order valence-corrected chi connectivity index (χ2v) is 10.5. The molecule has 0 bridgehead atoms. The first-order valence-corrected chi connectivity index (χ1v) is 12.8. The predicted molar refractivity (Wildman–Crippen MR) is 130 cm³/mol. The Balaban J connectivity index is 1.84. The van der Waals surface area contributed by atoms with Crippen LogP contribution in [0.4, 0.5) is 0 Å². The summed E-state index contributed by atoms with van der Waals surface area (Å²) in [6.07, 6.45) is -16.3. The second-order valence-electron chi connectivity index (χ2n) is 10.5. The number of carbonyl (C=O) groups excluding carboxylic acids is 1. The molecule has 0 aromatic heterocycles. The minimum absolute atomic E-state index is 0.0836. The molecule has 3 fully saturated rings. The Bertz CT molecular complexity index is 811. The summed E-state index contributed by atoms with van der Waals surface area (Å²) in [6, 6.07) is -2.92. The van der Waals surface area contributed by atoms with E-state index < -0.39 is 97.1 Å². The lowest BCUT2D eigenvalue weighted by Crippen LogP contribution is -2.70. The molecule has 39 heavy (non-hydrogen) atoms. The highest BCUT2D eigenvalue weighted by Crippen LogP contribution is 2.32. The maximum atomic E-state index is 12.4. The molecule has 0 aromatic rings. The van der Waals surface area contributed by atoms with Crippen LogP contribution in [0.1, 0.15) is 13.3 Å². The summed E-state index contributed by atoms with van der Waals surface area (Å²) in [6.45, 7) is 0.634. The number of hydrogen-bond donors (Lipinski definition) is 12. The van der Waals surface area contributed by atoms with Gasteiger partial charge in [-0.15, -0.1) is 0 Å². The first kappa shape index (κ1) is 32.4. The Hall–Kier alpha value is -1.13. The number of carbonyl (C=O) groups is 1. The molecule has 2 aliphatic heterocycles. The van der Waals surface area contributed by atoms with Gasteiger partial charge in [0.1, 0.15) is 60.5 Å². The first-order valence-electron chi connectivity index (χ1n) is 12.8. The molecule has 3 aliphatic rings. The standard InChI is InChI=1S/C22H43N5O12/c1-22(35)6-36-20(15(33)18(22)26-2)39-17-8(27-19(34)9(28)4-23)3-7(25)16(14(17)32)38-21-13(31)12(30)11(29)10(5-24)37-21/h7-18,20-21,26,28-33,35H,3-6,23-25H2,1-2H3,(H,27,34)/t7-,8+,9+,10+,11-,12-,13-,14+,15-,16-,17+,18+,20-,21-,22+/m0/s1. The van der Waals surface area contributed by atoms with Gasteiger partial charge in [-0.1, -0.05) is 0 Å². The lowest BCUT2D eigenvalue weighted by Gasteiger charge is -2.49. The van der Waals surface area contributed by atoms with Crippen LogP contribution < -0.4 is 27.8 Å². The molecule has 228 valence electrons. The van der Waals surface area contributed by atoms with E-state index in [9.17, 15) is 40.5 Å². The SMILES string of the molecule is CN[C@@H]1[C@H](O)[C@H](O[C@H]2[C@H](O)[C@@H](O[C@@H]3O[C@H](CN)[C@H](O)[C@H](O)[C@@H]3O)[C@@H](N)C[C@H]2NC(=O)[C@H](O)CN)OC[C@@]1(C)O. The average Bonchev–Trinajstić information content (AvgIpc) is 2.89. The number of aliphatic hydroxyl groups excluding tert-OH is 6. The minimum Gasteiger partial charge on any atom is -0.388 e. The number of nitrogens with two attached hydrogens (primary N) is 3. The van der Waals surface area contributed by atoms with Gasteiger partial charge in [0, 0.05) is 19.1 Å². The Morgan fingerprint density at radius 2 is 1.67 bits per heavy atom. The molecule has 0 spiro atoms. The van der Waals surface area contributed by atoms with Gasteiger partial charge in [0.2, 0.25) is 5.91 Å². The van der Waals surface area contributed by atoms with E-state index in [0.717, 1.165) is 0 Å². The van der Waals surface area contributed by atoms with Gasteiger partial charge in [-0.25, -0.2) is 0 Å². The summed E-state index contributed by atoms with van der Waals surface area (Å²) in [5, 5.41) is 78.5. The van der Waals surface area contributed by atoms with Crippen molar-refractivity contribution in [1.82, 2.24) is 10.6 Å². The molecule has 0 aromatic carbocycles. The van der Waals surface area contributed by atoms with Crippen molar-refractivity contribution in [3.05, 3.63) is 0 Å². The third kappa shape index (κ3) is 6.85. The van der Waals surface area contributed by atoms with Crippen LogP contribution in [-0.2, 0) is 23.7 Å². The van der Waals surface area contributed by atoms with E-state index in [1.807, 2.05) is 0 Å². The number of ether oxygens (including phenoxy) is 4. The lowest BCUT2D eigenvalue weighted by atomic mass is 9.83. The van der Waals surface area contributed by atoms with Gasteiger partial charge in [-0.2, -0.15) is 0 Å². The van der Waals surface area contributed by atoms with Crippen LogP contribution in [0.15, 0.2) is 0 Å². The van der Waals surface area contributed by atoms with Gasteiger partial charge >= 0.3 is 0 Å². The van der Waals surface area contributed by atoms with Gasteiger partial charge in [0.05, 0.1) is 18.7 Å². The zero-order valence-corrected chi connectivity index (χ0v) is 21.8. The number of hydrogen-bond acceptors (Lipinski definition) is 16. The molecule has 0 unspecified atom stereocenters. The van der Waals surface area contributed by atoms with E-state index in [-0.39, 0.29) is 26.1 Å². The van der Waals surface area contributed by atoms with Crippen LogP contribution in [-0.4, -0.2) is 160 Å². The molecule has 1 amide bonds. The number of rotatable bonds is 9. The van der Waals surface area contributed by atoms with Crippen molar-refractivity contribution in [2.24, 2.45) is 17.2 Å². The number of aliphatic hydroxyl groups is 7. The summed E-state index contributed by atoms with van der Waals surface area (Å²) in [4.78, 5) is 12.4. The van der Waals surface area contributed by atoms with Crippen molar-refractivity contribution in [2.45, 2.75) is 105 Å². The van der Waals surface area contributed by atoms with Crippen LogP contribution in [0, 0.1) is 0 Å². The van der Waals surface area contributed by atoms with Crippen LogP contribution in [0.25, 0.3) is 0 Å². The molecule has 2 heterocycles. The fraction of sp³-hybridized carbons (Fsp3) is 0.955. The maximum absolute atomic E-state index is 12.4. The van der Waals surface area contributed by atoms with E-state index in [1.165, 1.54) is 14.0 Å². The number of nitrogens with one attached hydrogen (secondary N) is 2. The topological polar surface area (TPSA) is 298 Å². The zero-order chi connectivity index (χ0) is 29.2. The van der Waals surface area contributed by atoms with Gasteiger partial charge in [0.25, 0.3) is 0 Å². The van der Waals surface area contributed by atoms with Gasteiger partial charge in [0.15, 0.2) is 12.6 Å². The van der Waals surface area contributed by atoms with Crippen LogP contribution in [0.5, 0.6) is 0 Å². The molecule has 3 rings (SSSR count). The smallest absolute Gasteiger partial charge is 0.250 e. The summed E-state index contributed by atoms with van der Waals surface area (Å²) in [5.74, 6) is -0.857. The van der Waals surface area contributed by atoms with Crippen molar-refractivity contribution in [3.63, 3.8) is 0 Å². The van der Waals surface area contributed by atoms with Crippen molar-refractivity contribution in [3.8, 4) is 0 Å². The number of likely N-dealkylation sites (N-methyl/N-ethyl adjacent to an activating group) is 1. The summed E-state index contributed by atoms with van der Waals surface area (Å²) in [7, 11) is 1.52. The van der Waals surface area contributed by atoms with E-state index in [4.69, 9.17) is 36.1 Å². The molecular weight excluding hydrogens is 526 g/mol. The predicted octanol–water partition coefficient (Wildman–Crippen LogP) is -7.52. The van der Waals surface area contributed by atoms with Crippen LogP contribution >= 0.6 is 0 Å². The zero-order valence-electron chi connectivity index (χ0n) is 21.8. The summed E-state index contributed by atoms with van der Waals surface area (Å²) in [5.41, 5.74) is 15.8. The Kier molecular flexibility index (Phi) is 11.0. The third-order valence-electron chi connectivity index (χ3n) is 7.50. The van der Waals surface area contributed by atoms with Crippen molar-refractivity contribution in [2.75, 3.05) is 26.7 Å². The van der Waals surface area contributed by atoms with Crippen molar-refractivity contribution < 1.29 is 59.5 Å². The van der Waals surface area contributed by atoms with E-state index in [1.54, 1.807) is 0 Å². The van der Waals surface area contributed by atoms with E-state index in [2.05, 4.69) is 10.6 Å². The fourth-order valence-corrected chi connectivity index (χ4v) is 5.22. The lowest BCUT2D eigenvalue weighted by molar-refractivity contribution is -0.330. The monoisotopic (exact) mass is 569 g/mol. The second kappa shape index (κ2) is 13.2. The quantitative estimate of drug-likeness (QED) is 0.123. The Morgan fingerprint density at radius 3 is 2.26 bits per heavy atom.